The van der Waals surface area contributed by atoms with Crippen LogP contribution in [0.25, 0.3) is 10.4 Å². The van der Waals surface area contributed by atoms with Crippen molar-refractivity contribution in [1.29, 1.82) is 0 Å². The molecule has 0 saturated carbocycles. The van der Waals surface area contributed by atoms with Gasteiger partial charge in [-0.2, -0.15) is 0 Å². The summed E-state index contributed by atoms with van der Waals surface area (Å²) in [6.07, 6.45) is 6.71. The van der Waals surface area contributed by atoms with Crippen LogP contribution in [0.5, 0.6) is 0 Å². The van der Waals surface area contributed by atoms with Crippen molar-refractivity contribution in [2.24, 2.45) is 0 Å². The molecule has 0 aliphatic carbocycles. The Labute approximate surface area is 182 Å². The summed E-state index contributed by atoms with van der Waals surface area (Å²) in [5.41, 5.74) is 2.69. The first-order chi connectivity index (χ1) is 14.6. The van der Waals surface area contributed by atoms with Gasteiger partial charge in [0.2, 0.25) is 5.91 Å². The van der Waals surface area contributed by atoms with E-state index in [-0.39, 0.29) is 17.9 Å². The van der Waals surface area contributed by atoms with Gasteiger partial charge >= 0.3 is 0 Å². The molecule has 0 radical (unpaired) electrons. The maximum Gasteiger partial charge on any atom is 0.257 e. The number of nitrogens with zero attached hydrogens (tertiary/aromatic N) is 1. The van der Waals surface area contributed by atoms with Crippen molar-refractivity contribution in [3.05, 3.63) is 41.5 Å². The van der Waals surface area contributed by atoms with E-state index in [0.29, 0.717) is 17.0 Å². The van der Waals surface area contributed by atoms with E-state index in [4.69, 9.17) is 4.74 Å². The Bertz CT molecular complexity index is 881. The first-order valence-electron chi connectivity index (χ1n) is 11.0. The number of benzene rings is 1. The summed E-state index contributed by atoms with van der Waals surface area (Å²) in [5.74, 6) is -0.000821. The zero-order valence-corrected chi connectivity index (χ0v) is 18.4. The predicted octanol–water partition coefficient (Wildman–Crippen LogP) is 5.25. The second kappa shape index (κ2) is 9.75. The van der Waals surface area contributed by atoms with Crippen molar-refractivity contribution in [3.8, 4) is 10.4 Å². The summed E-state index contributed by atoms with van der Waals surface area (Å²) >= 11 is 1.51. The van der Waals surface area contributed by atoms with Crippen molar-refractivity contribution in [1.82, 2.24) is 4.90 Å². The van der Waals surface area contributed by atoms with E-state index in [1.54, 1.807) is 0 Å². The first kappa shape index (κ1) is 21.1. The highest BCUT2D eigenvalue weighted by molar-refractivity contribution is 7.20. The second-order valence-corrected chi connectivity index (χ2v) is 9.22. The van der Waals surface area contributed by atoms with Gasteiger partial charge in [0.1, 0.15) is 5.00 Å². The topological polar surface area (TPSA) is 58.6 Å². The summed E-state index contributed by atoms with van der Waals surface area (Å²) in [5, 5.41) is 3.74. The summed E-state index contributed by atoms with van der Waals surface area (Å²) in [7, 11) is 0. The lowest BCUT2D eigenvalue weighted by atomic mass is 10.0. The van der Waals surface area contributed by atoms with Gasteiger partial charge in [-0.3, -0.25) is 9.59 Å². The zero-order chi connectivity index (χ0) is 20.9. The molecule has 2 aliphatic rings. The van der Waals surface area contributed by atoms with Gasteiger partial charge in [-0.25, -0.2) is 0 Å². The van der Waals surface area contributed by atoms with Crippen LogP contribution in [0, 0.1) is 6.92 Å². The molecule has 1 unspecified atom stereocenters. The van der Waals surface area contributed by atoms with Crippen LogP contribution in [-0.4, -0.2) is 42.5 Å². The lowest BCUT2D eigenvalue weighted by molar-refractivity contribution is -0.116. The molecule has 2 aliphatic heterocycles. The molecule has 5 nitrogen and oxygen atoms in total. The minimum absolute atomic E-state index is 0.0417. The van der Waals surface area contributed by atoms with Crippen LogP contribution in [-0.2, 0) is 9.53 Å². The van der Waals surface area contributed by atoms with Crippen LogP contribution in [0.15, 0.2) is 30.3 Å². The van der Waals surface area contributed by atoms with Crippen molar-refractivity contribution in [3.63, 3.8) is 0 Å². The first-order valence-corrected chi connectivity index (χ1v) is 11.8. The maximum absolute atomic E-state index is 13.4. The fourth-order valence-electron chi connectivity index (χ4n) is 4.33. The average molecular weight is 427 g/mol. The highest BCUT2D eigenvalue weighted by atomic mass is 32.1. The molecule has 2 fully saturated rings. The largest absolute Gasteiger partial charge is 0.378 e. The van der Waals surface area contributed by atoms with E-state index in [1.807, 2.05) is 30.0 Å². The molecule has 2 aromatic rings. The highest BCUT2D eigenvalue weighted by Gasteiger charge is 2.28. The van der Waals surface area contributed by atoms with Gasteiger partial charge in [-0.15, -0.1) is 11.3 Å². The average Bonchev–Trinajstić information content (AvgIpc) is 3.41. The fourth-order valence-corrected chi connectivity index (χ4v) is 5.55. The zero-order valence-electron chi connectivity index (χ0n) is 17.6. The van der Waals surface area contributed by atoms with Crippen molar-refractivity contribution >= 4 is 28.2 Å². The van der Waals surface area contributed by atoms with Crippen molar-refractivity contribution in [2.75, 3.05) is 25.0 Å². The number of hydrogen-bond acceptors (Lipinski definition) is 4. The summed E-state index contributed by atoms with van der Waals surface area (Å²) < 4.78 is 5.64. The number of carbonyl (C=O) groups is 2. The molecule has 1 aromatic heterocycles. The predicted molar refractivity (Wildman–Crippen MR) is 121 cm³/mol. The highest BCUT2D eigenvalue weighted by Crippen LogP contribution is 2.41. The number of rotatable bonds is 6. The fraction of sp³-hybridized carbons (Fsp3) is 0.500. The number of amides is 2. The van der Waals surface area contributed by atoms with Gasteiger partial charge < -0.3 is 15.0 Å². The van der Waals surface area contributed by atoms with E-state index in [9.17, 15) is 9.59 Å². The van der Waals surface area contributed by atoms with Gasteiger partial charge in [0, 0.05) is 31.0 Å². The van der Waals surface area contributed by atoms with E-state index in [1.165, 1.54) is 17.8 Å². The number of anilines is 1. The number of hydrogen-bond donors (Lipinski definition) is 1. The Morgan fingerprint density at radius 2 is 1.90 bits per heavy atom. The molecule has 2 amide bonds. The molecule has 30 heavy (non-hydrogen) atoms. The molecule has 1 atom stereocenters. The second-order valence-electron chi connectivity index (χ2n) is 8.20. The molecular weight excluding hydrogens is 396 g/mol. The summed E-state index contributed by atoms with van der Waals surface area (Å²) in [6.45, 7) is 4.38. The minimum atomic E-state index is -0.0425. The molecule has 0 spiro atoms. The molecule has 2 saturated heterocycles. The van der Waals surface area contributed by atoms with Crippen LogP contribution in [0.2, 0.25) is 0 Å². The Hall–Kier alpha value is -2.18. The van der Waals surface area contributed by atoms with Crippen LogP contribution in [0.1, 0.15) is 60.9 Å². The molecule has 4 rings (SSSR count). The number of nitrogens with one attached hydrogen (secondary N) is 1. The molecule has 1 N–H and O–H groups in total. The van der Waals surface area contributed by atoms with Crippen LogP contribution >= 0.6 is 11.3 Å². The van der Waals surface area contributed by atoms with Gasteiger partial charge in [-0.1, -0.05) is 30.3 Å². The van der Waals surface area contributed by atoms with E-state index in [0.717, 1.165) is 67.8 Å². The summed E-state index contributed by atoms with van der Waals surface area (Å²) in [4.78, 5) is 29.1. The maximum atomic E-state index is 13.4. The van der Waals surface area contributed by atoms with E-state index >= 15 is 0 Å². The van der Waals surface area contributed by atoms with Crippen molar-refractivity contribution < 1.29 is 14.3 Å². The number of likely N-dealkylation sites (tertiary alicyclic amines) is 1. The smallest absolute Gasteiger partial charge is 0.257 e. The van der Waals surface area contributed by atoms with Crippen LogP contribution in [0.3, 0.4) is 0 Å². The van der Waals surface area contributed by atoms with Crippen LogP contribution in [0.4, 0.5) is 5.00 Å². The van der Waals surface area contributed by atoms with Gasteiger partial charge in [0.25, 0.3) is 5.91 Å². The minimum Gasteiger partial charge on any atom is -0.378 e. The number of piperidine rings is 1. The Balaban J connectivity index is 1.58. The Morgan fingerprint density at radius 3 is 2.60 bits per heavy atom. The third-order valence-electron chi connectivity index (χ3n) is 6.01. The van der Waals surface area contributed by atoms with Crippen molar-refractivity contribution in [2.45, 2.75) is 58.0 Å². The molecule has 1 aromatic carbocycles. The number of thiophene rings is 1. The number of carbonyl (C=O) groups excluding carboxylic acids is 2. The third kappa shape index (κ3) is 4.76. The molecule has 3 heterocycles. The number of ether oxygens (including phenoxy) is 1. The molecule has 6 heteroatoms. The van der Waals surface area contributed by atoms with Crippen LogP contribution < -0.4 is 5.32 Å². The van der Waals surface area contributed by atoms with E-state index < -0.39 is 0 Å². The third-order valence-corrected chi connectivity index (χ3v) is 7.27. The standard InChI is InChI=1S/C24H30N2O3S/c1-17-21(24(28)26-14-6-3-7-15-26)23(30-22(17)18-9-4-2-5-10-18)25-20(27)13-12-19-11-8-16-29-19/h2,4-5,9-10,19H,3,6-8,11-16H2,1H3,(H,25,27). The van der Waals surface area contributed by atoms with Gasteiger partial charge in [-0.05, 0) is 56.6 Å². The molecular formula is C24H30N2O3S. The monoisotopic (exact) mass is 426 g/mol. The van der Waals surface area contributed by atoms with Gasteiger partial charge in [0.05, 0.1) is 11.7 Å². The SMILES string of the molecule is Cc1c(-c2ccccc2)sc(NC(=O)CCC2CCCO2)c1C(=O)N1CCCCC1. The normalized spacial score (nSPS) is 19.1. The quantitative estimate of drug-likeness (QED) is 0.686. The van der Waals surface area contributed by atoms with E-state index in [2.05, 4.69) is 17.4 Å². The molecule has 0 bridgehead atoms. The molecule has 160 valence electrons. The Morgan fingerprint density at radius 1 is 1.13 bits per heavy atom. The summed E-state index contributed by atoms with van der Waals surface area (Å²) in [6, 6.07) is 10.1. The Kier molecular flexibility index (Phi) is 6.85. The lowest BCUT2D eigenvalue weighted by Crippen LogP contribution is -2.36. The lowest BCUT2D eigenvalue weighted by Gasteiger charge is -2.27. The van der Waals surface area contributed by atoms with Gasteiger partial charge in [0.15, 0.2) is 0 Å².